The Morgan fingerprint density at radius 2 is 1.03 bits per heavy atom. The lowest BCUT2D eigenvalue weighted by Gasteiger charge is -2.15. The van der Waals surface area contributed by atoms with E-state index < -0.39 is 41.4 Å². The molecule has 10 nitrogen and oxygen atoms in total. The topological polar surface area (TPSA) is 222 Å². The van der Waals surface area contributed by atoms with Gasteiger partial charge >= 0.3 is 0 Å². The second-order valence-electron chi connectivity index (χ2n) is 6.66. The van der Waals surface area contributed by atoms with Crippen molar-refractivity contribution in [2.45, 2.75) is 75.0 Å². The van der Waals surface area contributed by atoms with E-state index in [1.807, 2.05) is 0 Å². The molecule has 0 bridgehead atoms. The molecule has 1 aromatic carbocycles. The van der Waals surface area contributed by atoms with Gasteiger partial charge in [0.2, 0.25) is 0 Å². The minimum Gasteiger partial charge on any atom is -0.744 e. The van der Waals surface area contributed by atoms with Gasteiger partial charge in [-0.1, -0.05) is 39.5 Å². The normalized spacial score (nSPS) is 11.1. The first-order valence-electron chi connectivity index (χ1n) is 10.1. The fourth-order valence-electron chi connectivity index (χ4n) is 2.24. The Labute approximate surface area is 180 Å². The summed E-state index contributed by atoms with van der Waals surface area (Å²) < 4.78 is 64.0. The van der Waals surface area contributed by atoms with E-state index in [0.717, 1.165) is 19.2 Å². The zero-order valence-corrected chi connectivity index (χ0v) is 19.7. The average Bonchev–Trinajstić information content (AvgIpc) is 2.61. The summed E-state index contributed by atoms with van der Waals surface area (Å²) in [5.41, 5.74) is 16.8. The van der Waals surface area contributed by atoms with Gasteiger partial charge in [-0.2, -0.15) is 0 Å². The third-order valence-corrected chi connectivity index (χ3v) is 5.67. The number of unbranched alkanes of at least 4 members (excludes halogenated alkanes) is 6. The fraction of sp³-hybridized carbons (Fsp3) is 0.667. The molecule has 0 aliphatic carbocycles. The molecule has 0 aliphatic rings. The molecular formula is C18H38N4O6S2. The Hall–Kier alpha value is -1.44. The van der Waals surface area contributed by atoms with E-state index in [0.29, 0.717) is 6.07 Å². The Bertz CT molecular complexity index is 728. The zero-order chi connectivity index (χ0) is 23.8. The molecule has 0 aromatic heterocycles. The van der Waals surface area contributed by atoms with Gasteiger partial charge in [-0.3, -0.25) is 0 Å². The molecule has 12 heteroatoms. The minimum atomic E-state index is -4.97. The maximum absolute atomic E-state index is 10.7. The predicted molar refractivity (Wildman–Crippen MR) is 115 cm³/mol. The van der Waals surface area contributed by atoms with Crippen molar-refractivity contribution in [3.8, 4) is 0 Å². The highest BCUT2D eigenvalue weighted by atomic mass is 32.2. The summed E-state index contributed by atoms with van der Waals surface area (Å²) in [4.78, 5) is -1.98. The summed E-state index contributed by atoms with van der Waals surface area (Å²) in [6, 6.07) is 1.09. The van der Waals surface area contributed by atoms with Gasteiger partial charge in [0, 0.05) is 0 Å². The first kappa shape index (κ1) is 30.8. The number of nitrogens with two attached hydrogens (primary N) is 2. The van der Waals surface area contributed by atoms with Crippen LogP contribution in [-0.4, -0.2) is 39.0 Å². The largest absolute Gasteiger partial charge is 0.744 e. The van der Waals surface area contributed by atoms with Crippen molar-refractivity contribution in [3.05, 3.63) is 12.1 Å². The lowest BCUT2D eigenvalue weighted by atomic mass is 10.2. The monoisotopic (exact) mass is 470 g/mol. The number of anilines is 2. The average molecular weight is 471 g/mol. The van der Waals surface area contributed by atoms with Crippen molar-refractivity contribution < 1.29 is 37.4 Å². The van der Waals surface area contributed by atoms with Gasteiger partial charge in [-0.15, -0.1) is 0 Å². The zero-order valence-electron chi connectivity index (χ0n) is 18.1. The van der Waals surface area contributed by atoms with E-state index in [4.69, 9.17) is 11.5 Å². The van der Waals surface area contributed by atoms with Crippen LogP contribution in [0.1, 0.15) is 65.2 Å². The van der Waals surface area contributed by atoms with Gasteiger partial charge in [0.1, 0.15) is 20.2 Å². The van der Waals surface area contributed by atoms with Crippen molar-refractivity contribution in [1.82, 2.24) is 0 Å². The molecule has 0 radical (unpaired) electrons. The second-order valence-corrected chi connectivity index (χ2v) is 9.36. The van der Waals surface area contributed by atoms with Gasteiger partial charge in [0.05, 0.1) is 34.3 Å². The van der Waals surface area contributed by atoms with E-state index in [1.165, 1.54) is 51.4 Å². The molecule has 0 fully saturated rings. The Morgan fingerprint density at radius 1 is 0.700 bits per heavy atom. The maximum Gasteiger partial charge on any atom is 0.126 e. The van der Waals surface area contributed by atoms with E-state index in [-0.39, 0.29) is 0 Å². The molecule has 10 N–H and O–H groups in total. The van der Waals surface area contributed by atoms with Crippen LogP contribution in [0.25, 0.3) is 0 Å². The van der Waals surface area contributed by atoms with Crippen molar-refractivity contribution in [2.24, 2.45) is 0 Å². The summed E-state index contributed by atoms with van der Waals surface area (Å²) in [7, 11) is -9.93. The number of hydrogen-bond donors (Lipinski definition) is 4. The highest BCUT2D eigenvalue weighted by molar-refractivity contribution is 7.86. The first-order chi connectivity index (χ1) is 13.9. The highest BCUT2D eigenvalue weighted by Crippen LogP contribution is 2.27. The van der Waals surface area contributed by atoms with E-state index >= 15 is 0 Å². The summed E-state index contributed by atoms with van der Waals surface area (Å²) in [5.74, 6) is 0. The molecule has 0 heterocycles. The van der Waals surface area contributed by atoms with Crippen molar-refractivity contribution in [3.63, 3.8) is 0 Å². The summed E-state index contributed by atoms with van der Waals surface area (Å²) in [6.45, 7) is 6.67. The van der Waals surface area contributed by atoms with Crippen molar-refractivity contribution >= 4 is 31.6 Å². The lowest BCUT2D eigenvalue weighted by Crippen LogP contribution is -2.50. The fourth-order valence-corrected chi connectivity index (χ4v) is 3.53. The van der Waals surface area contributed by atoms with Gasteiger partial charge in [0.15, 0.2) is 0 Å². The highest BCUT2D eigenvalue weighted by Gasteiger charge is 2.14. The molecule has 0 spiro atoms. The maximum atomic E-state index is 10.7. The van der Waals surface area contributed by atoms with Crippen LogP contribution in [0.15, 0.2) is 21.9 Å². The van der Waals surface area contributed by atoms with E-state index in [9.17, 15) is 25.9 Å². The van der Waals surface area contributed by atoms with Gasteiger partial charge in [0.25, 0.3) is 0 Å². The van der Waals surface area contributed by atoms with Crippen molar-refractivity contribution in [1.29, 1.82) is 0 Å². The van der Waals surface area contributed by atoms with Gasteiger partial charge in [-0.25, -0.2) is 16.8 Å². The van der Waals surface area contributed by atoms with Crippen LogP contribution < -0.4 is 22.9 Å². The lowest BCUT2D eigenvalue weighted by molar-refractivity contribution is -0.368. The molecule has 178 valence electrons. The molecule has 0 aliphatic heterocycles. The number of benzene rings is 1. The first-order valence-corrected chi connectivity index (χ1v) is 12.9. The number of nitrogen functional groups attached to an aromatic ring is 2. The van der Waals surface area contributed by atoms with Crippen LogP contribution in [0.5, 0.6) is 0 Å². The van der Waals surface area contributed by atoms with Crippen LogP contribution in [0.3, 0.4) is 0 Å². The molecule has 0 unspecified atom stereocenters. The van der Waals surface area contributed by atoms with E-state index in [2.05, 4.69) is 25.3 Å². The molecule has 0 saturated carbocycles. The van der Waals surface area contributed by atoms with E-state index in [1.54, 1.807) is 0 Å². The van der Waals surface area contributed by atoms with Crippen LogP contribution in [-0.2, 0) is 20.2 Å². The number of quaternary nitrogens is 2. The third-order valence-electron chi connectivity index (χ3n) is 3.89. The summed E-state index contributed by atoms with van der Waals surface area (Å²) >= 11 is 0. The molecule has 30 heavy (non-hydrogen) atoms. The van der Waals surface area contributed by atoms with Gasteiger partial charge in [-0.05, 0) is 37.8 Å². The Balaban J connectivity index is 0. The smallest absolute Gasteiger partial charge is 0.126 e. The van der Waals surface area contributed by atoms with Crippen LogP contribution in [0.4, 0.5) is 11.4 Å². The molecule has 1 aromatic rings. The number of rotatable bonds is 10. The number of hydrogen-bond acceptors (Lipinski definition) is 8. The molecular weight excluding hydrogens is 432 g/mol. The van der Waals surface area contributed by atoms with Crippen LogP contribution in [0, 0.1) is 0 Å². The molecule has 0 atom stereocenters. The Kier molecular flexibility index (Phi) is 16.7. The van der Waals surface area contributed by atoms with Gasteiger partial charge < -0.3 is 32.0 Å². The Morgan fingerprint density at radius 3 is 1.27 bits per heavy atom. The molecule has 0 saturated heterocycles. The second kappa shape index (κ2) is 16.3. The minimum absolute atomic E-state index is 0.356. The third kappa shape index (κ3) is 14.5. The standard InChI is InChI=1S/C6H8N2O6S2.2C6H15N/c7-3-1-4(8)6(16(12,13)14)2-5(3)15(9,10)11;2*1-2-3-4-5-6-7/h1-2H,7-8H2,(H,9,10,11)(H,12,13,14);2*2-7H2,1H3. The summed E-state index contributed by atoms with van der Waals surface area (Å²) in [6.07, 6.45) is 10.8. The van der Waals surface area contributed by atoms with Crippen LogP contribution >= 0.6 is 0 Å². The quantitative estimate of drug-likeness (QED) is 0.210. The SMILES string of the molecule is CCCCCC[NH3+].CCCCCC[NH3+].Nc1cc(N)c(S(=O)(=O)[O-])cc1S(=O)(=O)[O-]. The predicted octanol–water partition coefficient (Wildman–Crippen LogP) is 0.276. The summed E-state index contributed by atoms with van der Waals surface area (Å²) in [5, 5.41) is 0. The van der Waals surface area contributed by atoms with Crippen molar-refractivity contribution in [2.75, 3.05) is 24.6 Å². The molecule has 1 rings (SSSR count). The molecule has 0 amide bonds. The van der Waals surface area contributed by atoms with Crippen LogP contribution in [0.2, 0.25) is 0 Å².